The third-order valence-corrected chi connectivity index (χ3v) is 2.89. The monoisotopic (exact) mass is 302 g/mol. The van der Waals surface area contributed by atoms with E-state index < -0.39 is 5.97 Å². The lowest BCUT2D eigenvalue weighted by molar-refractivity contribution is -0.128. The van der Waals surface area contributed by atoms with E-state index in [1.807, 2.05) is 31.2 Å². The first-order chi connectivity index (χ1) is 10.2. The van der Waals surface area contributed by atoms with Crippen LogP contribution in [0.15, 0.2) is 54.6 Å². The summed E-state index contributed by atoms with van der Waals surface area (Å²) in [7, 11) is 0. The summed E-state index contributed by atoms with van der Waals surface area (Å²) in [5.41, 5.74) is 0.895. The number of carbonyl (C=O) groups excluding carboxylic acids is 1. The van der Waals surface area contributed by atoms with Gasteiger partial charge in [0.05, 0.1) is 6.61 Å². The molecule has 0 bridgehead atoms. The van der Waals surface area contributed by atoms with E-state index in [4.69, 9.17) is 21.1 Å². The number of ether oxygens (including phenoxy) is 2. The maximum atomic E-state index is 11.7. The van der Waals surface area contributed by atoms with Crippen molar-refractivity contribution in [3.05, 3.63) is 65.2 Å². The molecule has 0 fully saturated rings. The molecule has 0 unspecified atom stereocenters. The summed E-state index contributed by atoms with van der Waals surface area (Å²) in [5, 5.41) is 0.597. The van der Waals surface area contributed by atoms with Crippen LogP contribution < -0.4 is 9.47 Å². The standard InChI is InChI=1S/C17H15ClO3/c1-2-20-15-8-3-13(4-9-15)5-12-17(19)21-16-10-6-14(18)7-11-16/h3-12H,2H2,1H3/b12-5+. The molecule has 0 radical (unpaired) electrons. The van der Waals surface area contributed by atoms with Crippen molar-refractivity contribution in [1.29, 1.82) is 0 Å². The zero-order chi connectivity index (χ0) is 15.1. The first-order valence-corrected chi connectivity index (χ1v) is 6.93. The van der Waals surface area contributed by atoms with Crippen molar-refractivity contribution in [1.82, 2.24) is 0 Å². The summed E-state index contributed by atoms with van der Waals surface area (Å²) in [6.45, 7) is 2.56. The molecule has 0 atom stereocenters. The Morgan fingerprint density at radius 1 is 1.05 bits per heavy atom. The van der Waals surface area contributed by atoms with Gasteiger partial charge in [0.25, 0.3) is 0 Å². The van der Waals surface area contributed by atoms with E-state index in [0.29, 0.717) is 17.4 Å². The Morgan fingerprint density at radius 2 is 1.67 bits per heavy atom. The van der Waals surface area contributed by atoms with Crippen LogP contribution in [0.3, 0.4) is 0 Å². The second kappa shape index (κ2) is 7.50. The van der Waals surface area contributed by atoms with Crippen LogP contribution in [0.5, 0.6) is 11.5 Å². The zero-order valence-corrected chi connectivity index (χ0v) is 12.3. The smallest absolute Gasteiger partial charge is 0.336 e. The van der Waals surface area contributed by atoms with Crippen LogP contribution in [0.25, 0.3) is 6.08 Å². The van der Waals surface area contributed by atoms with Gasteiger partial charge < -0.3 is 9.47 Å². The van der Waals surface area contributed by atoms with Gasteiger partial charge in [0.15, 0.2) is 0 Å². The van der Waals surface area contributed by atoms with Gasteiger partial charge in [-0.2, -0.15) is 0 Å². The molecule has 0 amide bonds. The molecule has 21 heavy (non-hydrogen) atoms. The van der Waals surface area contributed by atoms with E-state index in [9.17, 15) is 4.79 Å². The van der Waals surface area contributed by atoms with Crippen LogP contribution in [0.1, 0.15) is 12.5 Å². The van der Waals surface area contributed by atoms with Gasteiger partial charge in [0, 0.05) is 11.1 Å². The van der Waals surface area contributed by atoms with Gasteiger partial charge in [-0.1, -0.05) is 23.7 Å². The maximum Gasteiger partial charge on any atom is 0.336 e. The number of rotatable bonds is 5. The van der Waals surface area contributed by atoms with E-state index in [1.54, 1.807) is 30.3 Å². The predicted octanol–water partition coefficient (Wildman–Crippen LogP) is 4.36. The van der Waals surface area contributed by atoms with Gasteiger partial charge in [-0.3, -0.25) is 0 Å². The van der Waals surface area contributed by atoms with Gasteiger partial charge in [-0.25, -0.2) is 4.79 Å². The molecule has 0 saturated heterocycles. The summed E-state index contributed by atoms with van der Waals surface area (Å²) in [6.07, 6.45) is 3.07. The van der Waals surface area contributed by atoms with Gasteiger partial charge >= 0.3 is 5.97 Å². The van der Waals surface area contributed by atoms with Gasteiger partial charge in [-0.15, -0.1) is 0 Å². The van der Waals surface area contributed by atoms with Crippen LogP contribution in [0.4, 0.5) is 0 Å². The fourth-order valence-electron chi connectivity index (χ4n) is 1.66. The Labute approximate surface area is 128 Å². The number of halogens is 1. The SMILES string of the molecule is CCOc1ccc(/C=C/C(=O)Oc2ccc(Cl)cc2)cc1. The van der Waals surface area contributed by atoms with Crippen molar-refractivity contribution in [2.45, 2.75) is 6.92 Å². The third kappa shape index (κ3) is 4.97. The molecule has 0 aliphatic rings. The number of carbonyl (C=O) groups is 1. The molecule has 2 aromatic carbocycles. The maximum absolute atomic E-state index is 11.7. The first-order valence-electron chi connectivity index (χ1n) is 6.55. The van der Waals surface area contributed by atoms with Crippen LogP contribution in [0.2, 0.25) is 5.02 Å². The van der Waals surface area contributed by atoms with E-state index >= 15 is 0 Å². The van der Waals surface area contributed by atoms with Crippen molar-refractivity contribution < 1.29 is 14.3 Å². The summed E-state index contributed by atoms with van der Waals surface area (Å²) in [5.74, 6) is 0.824. The molecule has 3 nitrogen and oxygen atoms in total. The normalized spacial score (nSPS) is 10.6. The lowest BCUT2D eigenvalue weighted by Gasteiger charge is -2.02. The van der Waals surface area contributed by atoms with Crippen molar-refractivity contribution in [2.24, 2.45) is 0 Å². The molecule has 0 saturated carbocycles. The van der Waals surface area contributed by atoms with Gasteiger partial charge in [0.2, 0.25) is 0 Å². The molecule has 2 rings (SSSR count). The van der Waals surface area contributed by atoms with Gasteiger partial charge in [0.1, 0.15) is 11.5 Å². The van der Waals surface area contributed by atoms with E-state index in [2.05, 4.69) is 0 Å². The van der Waals surface area contributed by atoms with Crippen molar-refractivity contribution in [3.8, 4) is 11.5 Å². The first kappa shape index (κ1) is 15.1. The second-order valence-corrected chi connectivity index (χ2v) is 4.65. The third-order valence-electron chi connectivity index (χ3n) is 2.64. The second-order valence-electron chi connectivity index (χ2n) is 4.21. The van der Waals surface area contributed by atoms with E-state index in [-0.39, 0.29) is 0 Å². The van der Waals surface area contributed by atoms with E-state index in [0.717, 1.165) is 11.3 Å². The molecule has 0 aliphatic carbocycles. The highest BCUT2D eigenvalue weighted by atomic mass is 35.5. The Bertz CT molecular complexity index is 615. The molecular weight excluding hydrogens is 288 g/mol. The van der Waals surface area contributed by atoms with Crippen molar-refractivity contribution in [2.75, 3.05) is 6.61 Å². The van der Waals surface area contributed by atoms with Crippen molar-refractivity contribution >= 4 is 23.6 Å². The molecule has 0 spiro atoms. The Kier molecular flexibility index (Phi) is 5.41. The molecule has 4 heteroatoms. The topological polar surface area (TPSA) is 35.5 Å². The minimum absolute atomic E-state index is 0.439. The lowest BCUT2D eigenvalue weighted by atomic mass is 10.2. The number of hydrogen-bond donors (Lipinski definition) is 0. The quantitative estimate of drug-likeness (QED) is 0.468. The molecule has 0 aromatic heterocycles. The number of hydrogen-bond acceptors (Lipinski definition) is 3. The average molecular weight is 303 g/mol. The molecule has 0 N–H and O–H groups in total. The molecule has 2 aromatic rings. The summed E-state index contributed by atoms with van der Waals surface area (Å²) < 4.78 is 10.5. The Morgan fingerprint density at radius 3 is 2.29 bits per heavy atom. The van der Waals surface area contributed by atoms with Gasteiger partial charge in [-0.05, 0) is 55.0 Å². The minimum Gasteiger partial charge on any atom is -0.494 e. The van der Waals surface area contributed by atoms with Crippen LogP contribution in [-0.4, -0.2) is 12.6 Å². The van der Waals surface area contributed by atoms with Crippen LogP contribution in [-0.2, 0) is 4.79 Å². The highest BCUT2D eigenvalue weighted by molar-refractivity contribution is 6.30. The fraction of sp³-hybridized carbons (Fsp3) is 0.118. The highest BCUT2D eigenvalue weighted by Gasteiger charge is 2.00. The summed E-state index contributed by atoms with van der Waals surface area (Å²) in [4.78, 5) is 11.7. The number of esters is 1. The minimum atomic E-state index is -0.439. The average Bonchev–Trinajstić information content (AvgIpc) is 2.49. The van der Waals surface area contributed by atoms with Crippen LogP contribution >= 0.6 is 11.6 Å². The van der Waals surface area contributed by atoms with E-state index in [1.165, 1.54) is 6.08 Å². The van der Waals surface area contributed by atoms with Crippen LogP contribution in [0, 0.1) is 0 Å². The number of benzene rings is 2. The zero-order valence-electron chi connectivity index (χ0n) is 11.6. The molecule has 108 valence electrons. The predicted molar refractivity (Wildman–Crippen MR) is 83.7 cm³/mol. The molecular formula is C17H15ClO3. The molecule has 0 aliphatic heterocycles. The summed E-state index contributed by atoms with van der Waals surface area (Å²) >= 11 is 5.76. The fourth-order valence-corrected chi connectivity index (χ4v) is 1.78. The molecule has 0 heterocycles. The largest absolute Gasteiger partial charge is 0.494 e. The Hall–Kier alpha value is -2.26. The highest BCUT2D eigenvalue weighted by Crippen LogP contribution is 2.16. The van der Waals surface area contributed by atoms with Crippen molar-refractivity contribution in [3.63, 3.8) is 0 Å². The summed E-state index contributed by atoms with van der Waals surface area (Å²) in [6, 6.07) is 14.1. The lowest BCUT2D eigenvalue weighted by Crippen LogP contribution is -2.03. The Balaban J connectivity index is 1.93.